The van der Waals surface area contributed by atoms with E-state index in [1.165, 1.54) is 5.56 Å². The third-order valence-electron chi connectivity index (χ3n) is 3.44. The van der Waals surface area contributed by atoms with Crippen LogP contribution in [0.15, 0.2) is 23.0 Å². The van der Waals surface area contributed by atoms with Gasteiger partial charge >= 0.3 is 6.03 Å². The smallest absolute Gasteiger partial charge is 0.317 e. The Bertz CT molecular complexity index is 601. The first-order chi connectivity index (χ1) is 9.63. The van der Waals surface area contributed by atoms with Crippen LogP contribution in [0.2, 0.25) is 0 Å². The van der Waals surface area contributed by atoms with Gasteiger partial charge in [0.05, 0.1) is 11.4 Å². The number of carbonyl (C=O) groups excluding carboxylic acids is 1. The Morgan fingerprint density at radius 1 is 1.60 bits per heavy atom. The second-order valence-corrected chi connectivity index (χ2v) is 6.00. The molecule has 106 valence electrons. The zero-order chi connectivity index (χ0) is 14.1. The molecular formula is C14H18N4OS. The maximum atomic E-state index is 12.5. The first-order valence-electron chi connectivity index (χ1n) is 6.72. The van der Waals surface area contributed by atoms with Crippen LogP contribution in [-0.2, 0) is 13.6 Å². The fraction of sp³-hybridized carbons (Fsp3) is 0.429. The highest BCUT2D eigenvalue weighted by Gasteiger charge is 2.33. The van der Waals surface area contributed by atoms with E-state index in [1.54, 1.807) is 16.0 Å². The number of hydrogen-bond donors (Lipinski definition) is 1. The van der Waals surface area contributed by atoms with Crippen molar-refractivity contribution in [3.8, 4) is 0 Å². The summed E-state index contributed by atoms with van der Waals surface area (Å²) in [7, 11) is 1.85. The van der Waals surface area contributed by atoms with Gasteiger partial charge in [-0.05, 0) is 42.2 Å². The van der Waals surface area contributed by atoms with Crippen LogP contribution in [0.5, 0.6) is 0 Å². The van der Waals surface area contributed by atoms with Crippen LogP contribution in [-0.4, -0.2) is 26.8 Å². The maximum Gasteiger partial charge on any atom is 0.322 e. The van der Waals surface area contributed by atoms with Crippen LogP contribution in [0.3, 0.4) is 0 Å². The fourth-order valence-electron chi connectivity index (χ4n) is 2.24. The lowest BCUT2D eigenvalue weighted by atomic mass is 10.3. The molecule has 1 aliphatic carbocycles. The number of anilines is 1. The van der Waals surface area contributed by atoms with Gasteiger partial charge in [0, 0.05) is 25.8 Å². The van der Waals surface area contributed by atoms with E-state index in [4.69, 9.17) is 0 Å². The Balaban J connectivity index is 1.71. The molecule has 0 saturated heterocycles. The van der Waals surface area contributed by atoms with Crippen molar-refractivity contribution in [1.82, 2.24) is 14.7 Å². The summed E-state index contributed by atoms with van der Waals surface area (Å²) in [4.78, 5) is 14.4. The van der Waals surface area contributed by atoms with Gasteiger partial charge in [0.25, 0.3) is 0 Å². The highest BCUT2D eigenvalue weighted by Crippen LogP contribution is 2.29. The van der Waals surface area contributed by atoms with Crippen LogP contribution in [0, 0.1) is 6.92 Å². The van der Waals surface area contributed by atoms with Gasteiger partial charge in [-0.25, -0.2) is 4.79 Å². The number of nitrogens with zero attached hydrogens (tertiary/aromatic N) is 3. The molecule has 1 fully saturated rings. The minimum Gasteiger partial charge on any atom is -0.317 e. The van der Waals surface area contributed by atoms with Gasteiger partial charge in [-0.2, -0.15) is 16.4 Å². The molecule has 0 atom stereocenters. The zero-order valence-electron chi connectivity index (χ0n) is 11.7. The monoisotopic (exact) mass is 290 g/mol. The molecule has 0 aliphatic heterocycles. The molecule has 2 aromatic rings. The third-order valence-corrected chi connectivity index (χ3v) is 4.17. The summed E-state index contributed by atoms with van der Waals surface area (Å²) in [5, 5.41) is 11.4. The van der Waals surface area contributed by atoms with Gasteiger partial charge in [0.2, 0.25) is 0 Å². The average Bonchev–Trinajstić information content (AvgIpc) is 3.01. The van der Waals surface area contributed by atoms with Crippen molar-refractivity contribution in [3.05, 3.63) is 34.3 Å². The summed E-state index contributed by atoms with van der Waals surface area (Å²) in [6.45, 7) is 2.58. The molecule has 0 unspecified atom stereocenters. The van der Waals surface area contributed by atoms with E-state index in [1.807, 2.05) is 30.4 Å². The molecule has 0 aromatic carbocycles. The van der Waals surface area contributed by atoms with Crippen LogP contribution in [0.25, 0.3) is 0 Å². The molecule has 2 amide bonds. The number of carbonyl (C=O) groups is 1. The topological polar surface area (TPSA) is 50.2 Å². The summed E-state index contributed by atoms with van der Waals surface area (Å²) in [6.07, 6.45) is 4.04. The van der Waals surface area contributed by atoms with Gasteiger partial charge in [-0.15, -0.1) is 0 Å². The van der Waals surface area contributed by atoms with Crippen molar-refractivity contribution < 1.29 is 4.79 Å². The summed E-state index contributed by atoms with van der Waals surface area (Å²) in [5.41, 5.74) is 2.82. The molecule has 0 spiro atoms. The van der Waals surface area contributed by atoms with E-state index in [-0.39, 0.29) is 6.03 Å². The Kier molecular flexibility index (Phi) is 3.48. The average molecular weight is 290 g/mol. The Morgan fingerprint density at radius 2 is 2.40 bits per heavy atom. The number of hydrogen-bond acceptors (Lipinski definition) is 3. The lowest BCUT2D eigenvalue weighted by Crippen LogP contribution is -2.36. The zero-order valence-corrected chi connectivity index (χ0v) is 12.5. The van der Waals surface area contributed by atoms with Crippen molar-refractivity contribution in [3.63, 3.8) is 0 Å². The van der Waals surface area contributed by atoms with Gasteiger partial charge < -0.3 is 10.2 Å². The number of amides is 2. The molecule has 5 nitrogen and oxygen atoms in total. The van der Waals surface area contributed by atoms with Crippen molar-refractivity contribution in [2.24, 2.45) is 7.05 Å². The lowest BCUT2D eigenvalue weighted by Gasteiger charge is -2.22. The normalized spacial score (nSPS) is 14.3. The lowest BCUT2D eigenvalue weighted by molar-refractivity contribution is 0.206. The molecule has 0 radical (unpaired) electrons. The highest BCUT2D eigenvalue weighted by atomic mass is 32.1. The van der Waals surface area contributed by atoms with Crippen molar-refractivity contribution in [2.45, 2.75) is 32.4 Å². The predicted molar refractivity (Wildman–Crippen MR) is 79.8 cm³/mol. The molecule has 3 rings (SSSR count). The van der Waals surface area contributed by atoms with E-state index in [0.29, 0.717) is 12.6 Å². The number of aryl methyl sites for hydroxylation is 2. The van der Waals surface area contributed by atoms with E-state index >= 15 is 0 Å². The van der Waals surface area contributed by atoms with E-state index in [9.17, 15) is 4.79 Å². The maximum absolute atomic E-state index is 12.5. The van der Waals surface area contributed by atoms with Gasteiger partial charge in [-0.3, -0.25) is 4.68 Å². The van der Waals surface area contributed by atoms with Gasteiger partial charge in [0.15, 0.2) is 0 Å². The number of urea groups is 1. The molecule has 2 aromatic heterocycles. The number of nitrogens with one attached hydrogen (secondary N) is 1. The first kappa shape index (κ1) is 13.2. The van der Waals surface area contributed by atoms with Crippen LogP contribution in [0.1, 0.15) is 24.1 Å². The van der Waals surface area contributed by atoms with Crippen LogP contribution >= 0.6 is 11.3 Å². The molecule has 20 heavy (non-hydrogen) atoms. The molecule has 1 saturated carbocycles. The quantitative estimate of drug-likeness (QED) is 0.941. The second kappa shape index (κ2) is 5.28. The molecule has 1 aliphatic rings. The van der Waals surface area contributed by atoms with Crippen LogP contribution in [0.4, 0.5) is 10.5 Å². The number of aromatic nitrogens is 2. The van der Waals surface area contributed by atoms with E-state index in [0.717, 1.165) is 24.2 Å². The molecule has 6 heteroatoms. The predicted octanol–water partition coefficient (Wildman–Crippen LogP) is 2.99. The highest BCUT2D eigenvalue weighted by molar-refractivity contribution is 7.07. The van der Waals surface area contributed by atoms with E-state index < -0.39 is 0 Å². The summed E-state index contributed by atoms with van der Waals surface area (Å²) >= 11 is 1.66. The molecule has 0 bridgehead atoms. The molecule has 2 heterocycles. The molecular weight excluding hydrogens is 272 g/mol. The fourth-order valence-corrected chi connectivity index (χ4v) is 2.90. The van der Waals surface area contributed by atoms with Crippen molar-refractivity contribution >= 4 is 23.1 Å². The van der Waals surface area contributed by atoms with Gasteiger partial charge in [0.1, 0.15) is 0 Å². The van der Waals surface area contributed by atoms with Crippen LogP contribution < -0.4 is 5.32 Å². The minimum atomic E-state index is -0.0326. The number of rotatable bonds is 4. The largest absolute Gasteiger partial charge is 0.322 e. The third kappa shape index (κ3) is 2.85. The first-order valence-corrected chi connectivity index (χ1v) is 7.66. The number of thiophene rings is 1. The summed E-state index contributed by atoms with van der Waals surface area (Å²) in [6, 6.07) is 2.42. The van der Waals surface area contributed by atoms with Crippen molar-refractivity contribution in [2.75, 3.05) is 5.32 Å². The standard InChI is InChI=1S/C14H18N4OS/c1-10-13(8-17(2)16-10)15-14(19)18(12-3-4-12)7-11-5-6-20-9-11/h5-6,8-9,12H,3-4,7H2,1-2H3,(H,15,19). The second-order valence-electron chi connectivity index (χ2n) is 5.22. The Labute approximate surface area is 122 Å². The van der Waals surface area contributed by atoms with E-state index in [2.05, 4.69) is 21.9 Å². The molecule has 1 N–H and O–H groups in total. The Morgan fingerprint density at radius 3 is 2.95 bits per heavy atom. The SMILES string of the molecule is Cc1nn(C)cc1NC(=O)N(Cc1ccsc1)C1CC1. The summed E-state index contributed by atoms with van der Waals surface area (Å²) in [5.74, 6) is 0. The minimum absolute atomic E-state index is 0.0326. The summed E-state index contributed by atoms with van der Waals surface area (Å²) < 4.78 is 1.71. The van der Waals surface area contributed by atoms with Crippen molar-refractivity contribution in [1.29, 1.82) is 0 Å². The Hall–Kier alpha value is -1.82. The van der Waals surface area contributed by atoms with Gasteiger partial charge in [-0.1, -0.05) is 0 Å².